The van der Waals surface area contributed by atoms with Gasteiger partial charge in [-0.15, -0.1) is 0 Å². The molecule has 0 saturated carbocycles. The first-order chi connectivity index (χ1) is 8.58. The first-order valence-electron chi connectivity index (χ1n) is 5.80. The molecule has 0 saturated heterocycles. The third-order valence-corrected chi connectivity index (χ3v) is 3.73. The Labute approximate surface area is 111 Å². The zero-order valence-corrected chi connectivity index (χ0v) is 11.6. The molecule has 96 valence electrons. The van der Waals surface area contributed by atoms with Gasteiger partial charge in [-0.05, 0) is 26.3 Å². The normalized spacial score (nSPS) is 12.7. The van der Waals surface area contributed by atoms with Crippen LogP contribution in [0.25, 0.3) is 0 Å². The summed E-state index contributed by atoms with van der Waals surface area (Å²) in [5.74, 6) is 0. The molecule has 0 aliphatic heterocycles. The minimum atomic E-state index is 0.123. The number of nitrogens with two attached hydrogens (primary N) is 1. The van der Waals surface area contributed by atoms with Gasteiger partial charge in [0.1, 0.15) is 16.4 Å². The monoisotopic (exact) mass is 263 g/mol. The van der Waals surface area contributed by atoms with Crippen molar-refractivity contribution >= 4 is 11.8 Å². The molecule has 1 atom stereocenters. The molecule has 2 aromatic heterocycles. The lowest BCUT2D eigenvalue weighted by molar-refractivity contribution is 0.677. The van der Waals surface area contributed by atoms with Gasteiger partial charge in [-0.3, -0.25) is 4.68 Å². The molecule has 2 N–H and O–H groups in total. The Balaban J connectivity index is 2.32. The maximum Gasteiger partial charge on any atom is 0.116 e. The highest BCUT2D eigenvalue weighted by atomic mass is 32.2. The molecule has 1 unspecified atom stereocenters. The van der Waals surface area contributed by atoms with Crippen LogP contribution in [-0.4, -0.2) is 25.8 Å². The predicted molar refractivity (Wildman–Crippen MR) is 71.5 cm³/mol. The Morgan fingerprint density at radius 3 is 2.89 bits per heavy atom. The van der Waals surface area contributed by atoms with Crippen molar-refractivity contribution in [3.05, 3.63) is 29.8 Å². The van der Waals surface area contributed by atoms with Gasteiger partial charge in [0, 0.05) is 24.8 Å². The highest BCUT2D eigenvalue weighted by Crippen LogP contribution is 2.30. The van der Waals surface area contributed by atoms with E-state index in [1.54, 1.807) is 24.3 Å². The van der Waals surface area contributed by atoms with Gasteiger partial charge < -0.3 is 5.73 Å². The third kappa shape index (κ3) is 2.88. The average molecular weight is 263 g/mol. The van der Waals surface area contributed by atoms with E-state index in [4.69, 9.17) is 5.73 Å². The van der Waals surface area contributed by atoms with Gasteiger partial charge in [0.25, 0.3) is 0 Å². The fourth-order valence-electron chi connectivity index (χ4n) is 1.80. The molecule has 0 aromatic carbocycles. The van der Waals surface area contributed by atoms with Crippen LogP contribution >= 0.6 is 11.8 Å². The van der Waals surface area contributed by atoms with Gasteiger partial charge in [0.15, 0.2) is 0 Å². The molecule has 2 rings (SSSR count). The van der Waals surface area contributed by atoms with Gasteiger partial charge in [-0.1, -0.05) is 11.8 Å². The maximum atomic E-state index is 5.89. The molecule has 6 heteroatoms. The molecular weight excluding hydrogens is 246 g/mol. The fraction of sp³-hybridized carbons (Fsp3) is 0.417. The summed E-state index contributed by atoms with van der Waals surface area (Å²) in [6, 6.07) is 2.01. The van der Waals surface area contributed by atoms with E-state index in [0.717, 1.165) is 22.2 Å². The van der Waals surface area contributed by atoms with E-state index in [9.17, 15) is 0 Å². The van der Waals surface area contributed by atoms with Crippen LogP contribution in [-0.2, 0) is 13.5 Å². The summed E-state index contributed by atoms with van der Waals surface area (Å²) >= 11 is 1.60. The number of hydrogen-bond acceptors (Lipinski definition) is 5. The molecule has 2 aromatic rings. The highest BCUT2D eigenvalue weighted by molar-refractivity contribution is 7.99. The van der Waals surface area contributed by atoms with E-state index in [0.29, 0.717) is 0 Å². The Kier molecular flexibility index (Phi) is 3.98. The van der Waals surface area contributed by atoms with Crippen LogP contribution in [0.4, 0.5) is 0 Å². The number of rotatable bonds is 4. The molecule has 5 nitrogen and oxygen atoms in total. The smallest absolute Gasteiger partial charge is 0.116 e. The Morgan fingerprint density at radius 1 is 1.50 bits per heavy atom. The second kappa shape index (κ2) is 5.49. The van der Waals surface area contributed by atoms with Crippen molar-refractivity contribution in [1.29, 1.82) is 0 Å². The van der Waals surface area contributed by atoms with Crippen LogP contribution in [0.5, 0.6) is 0 Å². The van der Waals surface area contributed by atoms with E-state index in [1.165, 1.54) is 5.56 Å². The SMILES string of the molecule is Cc1nn(C)c(Sc2ccncn2)c1CC(C)N. The zero-order chi connectivity index (χ0) is 13.1. The second-order valence-corrected chi connectivity index (χ2v) is 5.33. The number of nitrogens with zero attached hydrogens (tertiary/aromatic N) is 4. The molecule has 0 bridgehead atoms. The topological polar surface area (TPSA) is 69.6 Å². The Morgan fingerprint density at radius 2 is 2.28 bits per heavy atom. The van der Waals surface area contributed by atoms with Crippen molar-refractivity contribution in [3.63, 3.8) is 0 Å². The van der Waals surface area contributed by atoms with Crippen molar-refractivity contribution in [3.8, 4) is 0 Å². The summed E-state index contributed by atoms with van der Waals surface area (Å²) in [4.78, 5) is 8.14. The van der Waals surface area contributed by atoms with Crippen LogP contribution in [0.3, 0.4) is 0 Å². The van der Waals surface area contributed by atoms with E-state index in [1.807, 2.05) is 31.6 Å². The first-order valence-corrected chi connectivity index (χ1v) is 6.61. The lowest BCUT2D eigenvalue weighted by Crippen LogP contribution is -2.18. The van der Waals surface area contributed by atoms with E-state index >= 15 is 0 Å². The van der Waals surface area contributed by atoms with Crippen LogP contribution in [0.2, 0.25) is 0 Å². The van der Waals surface area contributed by atoms with Gasteiger partial charge in [-0.2, -0.15) is 5.10 Å². The van der Waals surface area contributed by atoms with Crippen molar-refractivity contribution in [2.75, 3.05) is 0 Å². The average Bonchev–Trinajstić information content (AvgIpc) is 2.57. The summed E-state index contributed by atoms with van der Waals surface area (Å²) < 4.78 is 1.89. The molecular formula is C12H17N5S. The van der Waals surface area contributed by atoms with Crippen LogP contribution < -0.4 is 5.73 Å². The predicted octanol–water partition coefficient (Wildman–Crippen LogP) is 1.56. The fourth-order valence-corrected chi connectivity index (χ4v) is 2.76. The molecule has 18 heavy (non-hydrogen) atoms. The molecule has 0 aliphatic rings. The summed E-state index contributed by atoms with van der Waals surface area (Å²) in [5.41, 5.74) is 8.13. The minimum absolute atomic E-state index is 0.123. The van der Waals surface area contributed by atoms with Crippen LogP contribution in [0.15, 0.2) is 28.6 Å². The lowest BCUT2D eigenvalue weighted by Gasteiger charge is -2.08. The zero-order valence-electron chi connectivity index (χ0n) is 10.8. The van der Waals surface area contributed by atoms with Crippen LogP contribution in [0.1, 0.15) is 18.2 Å². The Bertz CT molecular complexity index is 521. The Hall–Kier alpha value is -1.40. The van der Waals surface area contributed by atoms with E-state index < -0.39 is 0 Å². The number of aromatic nitrogens is 4. The van der Waals surface area contributed by atoms with E-state index in [-0.39, 0.29) is 6.04 Å². The standard InChI is InChI=1S/C12H17N5S/c1-8(13)6-10-9(2)16-17(3)12(10)18-11-4-5-14-7-15-11/h4-5,7-8H,6,13H2,1-3H3. The first kappa shape index (κ1) is 13.0. The highest BCUT2D eigenvalue weighted by Gasteiger charge is 2.16. The lowest BCUT2D eigenvalue weighted by atomic mass is 10.1. The van der Waals surface area contributed by atoms with Crippen molar-refractivity contribution < 1.29 is 0 Å². The molecule has 2 heterocycles. The third-order valence-electron chi connectivity index (χ3n) is 2.57. The quantitative estimate of drug-likeness (QED) is 0.848. The van der Waals surface area contributed by atoms with Gasteiger partial charge in [-0.25, -0.2) is 9.97 Å². The molecule has 0 spiro atoms. The number of aryl methyl sites for hydroxylation is 2. The van der Waals surface area contributed by atoms with Gasteiger partial charge in [0.05, 0.1) is 5.69 Å². The molecule has 0 amide bonds. The number of hydrogen-bond donors (Lipinski definition) is 1. The summed E-state index contributed by atoms with van der Waals surface area (Å²) in [5, 5.41) is 6.47. The van der Waals surface area contributed by atoms with Gasteiger partial charge in [0.2, 0.25) is 0 Å². The summed E-state index contributed by atoms with van der Waals surface area (Å²) in [6.45, 7) is 4.02. The van der Waals surface area contributed by atoms with Crippen LogP contribution in [0, 0.1) is 6.92 Å². The molecule has 0 fully saturated rings. The molecule has 0 aliphatic carbocycles. The van der Waals surface area contributed by atoms with Gasteiger partial charge >= 0.3 is 0 Å². The van der Waals surface area contributed by atoms with Crippen molar-refractivity contribution in [2.45, 2.75) is 36.4 Å². The summed E-state index contributed by atoms with van der Waals surface area (Å²) in [7, 11) is 1.95. The summed E-state index contributed by atoms with van der Waals surface area (Å²) in [6.07, 6.45) is 4.12. The van der Waals surface area contributed by atoms with Crippen molar-refractivity contribution in [1.82, 2.24) is 19.7 Å². The second-order valence-electron chi connectivity index (χ2n) is 4.32. The maximum absolute atomic E-state index is 5.89. The minimum Gasteiger partial charge on any atom is -0.328 e. The molecule has 0 radical (unpaired) electrons. The van der Waals surface area contributed by atoms with E-state index in [2.05, 4.69) is 15.1 Å². The largest absolute Gasteiger partial charge is 0.328 e. The van der Waals surface area contributed by atoms with Crippen molar-refractivity contribution in [2.24, 2.45) is 12.8 Å².